The first-order chi connectivity index (χ1) is 17.4. The van der Waals surface area contributed by atoms with E-state index in [1.165, 1.54) is 30.0 Å². The normalized spacial score (nSPS) is 11.2. The van der Waals surface area contributed by atoms with Gasteiger partial charge in [0.1, 0.15) is 5.03 Å². The molecule has 180 valence electrons. The zero-order valence-electron chi connectivity index (χ0n) is 20.0. The lowest BCUT2D eigenvalue weighted by atomic mass is 10.0. The van der Waals surface area contributed by atoms with E-state index >= 15 is 0 Å². The fourth-order valence-corrected chi connectivity index (χ4v) is 5.36. The number of ketones is 1. The number of fused-ring (bicyclic) bond motifs is 1. The molecule has 0 aliphatic carbocycles. The van der Waals surface area contributed by atoms with Crippen LogP contribution in [0.2, 0.25) is 0 Å². The first-order valence-electron chi connectivity index (χ1n) is 11.6. The Hall–Kier alpha value is -4.10. The molecule has 0 unspecified atom stereocenters. The third-order valence-corrected chi connectivity index (χ3v) is 7.22. The monoisotopic (exact) mass is 495 g/mol. The second-order valence-electron chi connectivity index (χ2n) is 8.62. The van der Waals surface area contributed by atoms with E-state index < -0.39 is 0 Å². The van der Waals surface area contributed by atoms with Crippen molar-refractivity contribution in [3.05, 3.63) is 107 Å². The van der Waals surface area contributed by atoms with Crippen molar-refractivity contribution in [1.82, 2.24) is 14.6 Å². The van der Waals surface area contributed by atoms with Gasteiger partial charge >= 0.3 is 0 Å². The largest absolute Gasteiger partial charge is 0.504 e. The van der Waals surface area contributed by atoms with Crippen molar-refractivity contribution < 1.29 is 15.0 Å². The minimum absolute atomic E-state index is 0.143. The second-order valence-corrected chi connectivity index (χ2v) is 9.58. The molecule has 0 aliphatic rings. The van der Waals surface area contributed by atoms with Crippen LogP contribution in [0.4, 0.5) is 0 Å². The van der Waals surface area contributed by atoms with Gasteiger partial charge in [-0.3, -0.25) is 4.79 Å². The van der Waals surface area contributed by atoms with Crippen molar-refractivity contribution in [2.45, 2.75) is 25.3 Å². The quantitative estimate of drug-likeness (QED) is 0.125. The first-order valence-corrected chi connectivity index (χ1v) is 12.6. The van der Waals surface area contributed by atoms with Crippen molar-refractivity contribution in [2.24, 2.45) is 0 Å². The Balaban J connectivity index is 1.60. The molecule has 0 bridgehead atoms. The van der Waals surface area contributed by atoms with Crippen LogP contribution < -0.4 is 0 Å². The van der Waals surface area contributed by atoms with Crippen LogP contribution in [0.15, 0.2) is 83.9 Å². The zero-order valence-corrected chi connectivity index (χ0v) is 20.8. The van der Waals surface area contributed by atoms with Crippen LogP contribution in [0.3, 0.4) is 0 Å². The summed E-state index contributed by atoms with van der Waals surface area (Å²) >= 11 is 1.41. The lowest BCUT2D eigenvalue weighted by Crippen LogP contribution is -2.09. The van der Waals surface area contributed by atoms with Gasteiger partial charge in [0.25, 0.3) is 0 Å². The maximum absolute atomic E-state index is 13.0. The molecule has 7 heteroatoms. The summed E-state index contributed by atoms with van der Waals surface area (Å²) in [5, 5.41) is 25.1. The average Bonchev–Trinajstić information content (AvgIpc) is 3.21. The van der Waals surface area contributed by atoms with Gasteiger partial charge in [-0.05, 0) is 43.2 Å². The molecule has 0 saturated heterocycles. The molecular formula is C29H25N3O3S. The van der Waals surface area contributed by atoms with E-state index in [-0.39, 0.29) is 23.0 Å². The molecule has 2 heterocycles. The molecule has 5 rings (SSSR count). The van der Waals surface area contributed by atoms with E-state index in [1.54, 1.807) is 0 Å². The van der Waals surface area contributed by atoms with Gasteiger partial charge in [-0.1, -0.05) is 72.4 Å². The van der Waals surface area contributed by atoms with Crippen LogP contribution in [0.1, 0.15) is 32.9 Å². The molecule has 0 aliphatic heterocycles. The summed E-state index contributed by atoms with van der Waals surface area (Å²) < 4.78 is 1.86. The Kier molecular flexibility index (Phi) is 6.48. The number of benzene rings is 3. The smallest absolute Gasteiger partial charge is 0.173 e. The van der Waals surface area contributed by atoms with Crippen molar-refractivity contribution in [3.63, 3.8) is 0 Å². The van der Waals surface area contributed by atoms with Gasteiger partial charge < -0.3 is 10.2 Å². The van der Waals surface area contributed by atoms with Gasteiger partial charge in [0, 0.05) is 28.8 Å². The van der Waals surface area contributed by atoms with Crippen molar-refractivity contribution in [1.29, 1.82) is 0 Å². The van der Waals surface area contributed by atoms with E-state index in [2.05, 4.69) is 12.1 Å². The number of hydrogen-bond acceptors (Lipinski definition) is 6. The van der Waals surface area contributed by atoms with Gasteiger partial charge in [0.15, 0.2) is 22.9 Å². The van der Waals surface area contributed by atoms with Gasteiger partial charge in [0.05, 0.1) is 11.4 Å². The Morgan fingerprint density at radius 3 is 2.28 bits per heavy atom. The maximum atomic E-state index is 13.0. The lowest BCUT2D eigenvalue weighted by Gasteiger charge is -2.14. The summed E-state index contributed by atoms with van der Waals surface area (Å²) in [6.45, 7) is 3.97. The number of carbonyl (C=O) groups is 1. The Bertz CT molecular complexity index is 1560. The van der Waals surface area contributed by atoms with Crippen LogP contribution in [-0.2, 0) is 6.42 Å². The molecule has 2 N–H and O–H groups in total. The predicted octanol–water partition coefficient (Wildman–Crippen LogP) is 5.99. The number of aromatic nitrogens is 3. The van der Waals surface area contributed by atoms with Gasteiger partial charge in [-0.15, -0.1) is 0 Å². The molecule has 6 nitrogen and oxygen atoms in total. The summed E-state index contributed by atoms with van der Waals surface area (Å²) in [6.07, 6.45) is 0.658. The minimum atomic E-state index is -0.312. The summed E-state index contributed by atoms with van der Waals surface area (Å²) in [5.41, 5.74) is 7.02. The van der Waals surface area contributed by atoms with Crippen LogP contribution >= 0.6 is 11.8 Å². The molecule has 0 fully saturated rings. The van der Waals surface area contributed by atoms with Crippen molar-refractivity contribution in [2.75, 3.05) is 5.75 Å². The van der Waals surface area contributed by atoms with Gasteiger partial charge in [-0.2, -0.15) is 5.10 Å². The number of thioether (sulfide) groups is 1. The number of hydrogen-bond donors (Lipinski definition) is 2. The highest BCUT2D eigenvalue weighted by molar-refractivity contribution is 8.00. The van der Waals surface area contributed by atoms with Gasteiger partial charge in [-0.25, -0.2) is 9.50 Å². The number of nitrogens with zero attached hydrogens (tertiary/aromatic N) is 3. The number of aryl methyl sites for hydroxylation is 2. The number of aromatic hydroxyl groups is 2. The average molecular weight is 496 g/mol. The topological polar surface area (TPSA) is 87.7 Å². The SMILES string of the molecule is Cc1nc2c(-c3ccccc3)c(C)nn2c(SCC(=O)c2ccc(O)c(O)c2)c1Cc1ccccc1. The van der Waals surface area contributed by atoms with Crippen molar-refractivity contribution >= 4 is 23.2 Å². The van der Waals surface area contributed by atoms with Crippen LogP contribution in [-0.4, -0.2) is 36.3 Å². The number of phenolic OH excluding ortho intramolecular Hbond substituents is 2. The molecule has 5 aromatic rings. The first kappa shape index (κ1) is 23.6. The standard InChI is InChI=1S/C29H25N3O3S/c1-18-23(15-20-9-5-3-6-10-20)29(36-17-26(35)22-13-14-24(33)25(34)16-22)32-28(30-18)27(19(2)31-32)21-11-7-4-8-12-21/h3-14,16,33-34H,15,17H2,1-2H3. The van der Waals surface area contributed by atoms with E-state index in [0.717, 1.165) is 44.3 Å². The van der Waals surface area contributed by atoms with E-state index in [4.69, 9.17) is 10.1 Å². The Morgan fingerprint density at radius 1 is 0.889 bits per heavy atom. The number of carbonyl (C=O) groups excluding carboxylic acids is 1. The highest BCUT2D eigenvalue weighted by Gasteiger charge is 2.21. The lowest BCUT2D eigenvalue weighted by molar-refractivity contribution is 0.102. The third kappa shape index (κ3) is 4.57. The minimum Gasteiger partial charge on any atom is -0.504 e. The van der Waals surface area contributed by atoms with Crippen molar-refractivity contribution in [3.8, 4) is 22.6 Å². The molecule has 0 saturated carbocycles. The molecule has 2 aromatic heterocycles. The van der Waals surface area contributed by atoms with Crippen LogP contribution in [0, 0.1) is 13.8 Å². The fraction of sp³-hybridized carbons (Fsp3) is 0.138. The molecule has 0 amide bonds. The number of phenols is 2. The molecule has 0 atom stereocenters. The third-order valence-electron chi connectivity index (χ3n) is 6.12. The molecule has 0 radical (unpaired) electrons. The Morgan fingerprint density at radius 2 is 1.58 bits per heavy atom. The van der Waals surface area contributed by atoms with Crippen LogP contribution in [0.25, 0.3) is 16.8 Å². The molecule has 3 aromatic carbocycles. The summed E-state index contributed by atoms with van der Waals surface area (Å²) in [7, 11) is 0. The van der Waals surface area contributed by atoms with E-state index in [9.17, 15) is 15.0 Å². The van der Waals surface area contributed by atoms with E-state index in [1.807, 2.05) is 66.9 Å². The highest BCUT2D eigenvalue weighted by atomic mass is 32.2. The summed E-state index contributed by atoms with van der Waals surface area (Å²) in [6, 6.07) is 24.4. The molecule has 0 spiro atoms. The predicted molar refractivity (Wildman–Crippen MR) is 142 cm³/mol. The molecular weight excluding hydrogens is 470 g/mol. The highest BCUT2D eigenvalue weighted by Crippen LogP contribution is 2.34. The van der Waals surface area contributed by atoms with E-state index in [0.29, 0.717) is 12.0 Å². The summed E-state index contributed by atoms with van der Waals surface area (Å²) in [5.74, 6) is -0.579. The maximum Gasteiger partial charge on any atom is 0.173 e. The van der Waals surface area contributed by atoms with Gasteiger partial charge in [0.2, 0.25) is 0 Å². The fourth-order valence-electron chi connectivity index (χ4n) is 4.28. The van der Waals surface area contributed by atoms with Crippen LogP contribution in [0.5, 0.6) is 11.5 Å². The molecule has 36 heavy (non-hydrogen) atoms. The summed E-state index contributed by atoms with van der Waals surface area (Å²) in [4.78, 5) is 18.0. The second kappa shape index (κ2) is 9.87. The Labute approximate surface area is 213 Å². The number of rotatable bonds is 7. The number of Topliss-reactive ketones (excluding diaryl/α,β-unsaturated/α-hetero) is 1. The zero-order chi connectivity index (χ0) is 25.2.